The highest BCUT2D eigenvalue weighted by atomic mass is 32.1. The average molecular weight is 698 g/mol. The van der Waals surface area contributed by atoms with Gasteiger partial charge in [-0.15, -0.1) is 0 Å². The predicted octanol–water partition coefficient (Wildman–Crippen LogP) is 8.03. The number of aliphatic hydroxyl groups excluding tert-OH is 1. The molecule has 1 heterocycles. The number of anilines is 1. The third-order valence-corrected chi connectivity index (χ3v) is 9.48. The van der Waals surface area contributed by atoms with E-state index in [-0.39, 0.29) is 13.2 Å². The van der Waals surface area contributed by atoms with Gasteiger partial charge in [-0.2, -0.15) is 5.10 Å². The summed E-state index contributed by atoms with van der Waals surface area (Å²) in [4.78, 5) is 29.6. The van der Waals surface area contributed by atoms with Crippen molar-refractivity contribution < 1.29 is 33.6 Å². The summed E-state index contributed by atoms with van der Waals surface area (Å²) < 4.78 is 23.2. The normalized spacial score (nSPS) is 17.2. The number of esters is 2. The Hall–Kier alpha value is -4.84. The van der Waals surface area contributed by atoms with Crippen molar-refractivity contribution in [1.29, 1.82) is 0 Å². The summed E-state index contributed by atoms with van der Waals surface area (Å²) in [5.74, 6) is 0.872. The summed E-state index contributed by atoms with van der Waals surface area (Å²) in [6.07, 6.45) is 9.10. The van der Waals surface area contributed by atoms with E-state index in [1.54, 1.807) is 30.5 Å². The third kappa shape index (κ3) is 10.3. The molecule has 1 aromatic heterocycles. The molecule has 10 nitrogen and oxygen atoms in total. The molecule has 4 aromatic rings. The predicted molar refractivity (Wildman–Crippen MR) is 196 cm³/mol. The molecule has 2 atom stereocenters. The number of hydrogen-bond donors (Lipinski definition) is 2. The van der Waals surface area contributed by atoms with Crippen LogP contribution in [0.3, 0.4) is 0 Å². The monoisotopic (exact) mass is 697 g/mol. The highest BCUT2D eigenvalue weighted by molar-refractivity contribution is 7.22. The number of carbonyl (C=O) groups is 2. The highest BCUT2D eigenvalue weighted by Crippen LogP contribution is 2.38. The zero-order valence-corrected chi connectivity index (χ0v) is 29.0. The molecule has 3 aromatic carbocycles. The van der Waals surface area contributed by atoms with Crippen molar-refractivity contribution >= 4 is 44.8 Å². The first-order chi connectivity index (χ1) is 24.3. The molecule has 0 amide bonds. The van der Waals surface area contributed by atoms with Gasteiger partial charge in [0.05, 0.1) is 28.6 Å². The number of nitrogens with zero attached hydrogens (tertiary/aromatic N) is 2. The first kappa shape index (κ1) is 36.4. The van der Waals surface area contributed by atoms with E-state index in [1.165, 1.54) is 48.7 Å². The second-order valence-corrected chi connectivity index (χ2v) is 13.1. The topological polar surface area (TPSA) is 129 Å². The Morgan fingerprint density at radius 3 is 2.56 bits per heavy atom. The number of benzene rings is 3. The second-order valence-electron chi connectivity index (χ2n) is 12.1. The third-order valence-electron chi connectivity index (χ3n) is 8.54. The van der Waals surface area contributed by atoms with E-state index < -0.39 is 24.3 Å². The standard InChI is InChI=1S/C39H43N3O7S/c1-4-9-26-12-14-27(15-13-26)29-18-21-34(30(22-29)23-40-42-39-41-33-10-7-8-11-35(33)50-39)49-38(45)28-16-19-31(20-17-28)46-24-32(48-37(44)6-3)25-47-36(43)5-2/h5-8,10-11,16-23,26-27,32,36,43H,2-4,9,12-15,24-25H2,1H3,(H,41,42)/b40-23+. The molecule has 262 valence electrons. The molecule has 0 bridgehead atoms. The first-order valence-corrected chi connectivity index (χ1v) is 17.7. The number of thiazole rings is 1. The van der Waals surface area contributed by atoms with Crippen molar-refractivity contribution in [2.45, 2.75) is 63.8 Å². The lowest BCUT2D eigenvalue weighted by atomic mass is 9.77. The van der Waals surface area contributed by atoms with Crippen LogP contribution in [0.15, 0.2) is 97.1 Å². The lowest BCUT2D eigenvalue weighted by molar-refractivity contribution is -0.154. The maximum Gasteiger partial charge on any atom is 0.343 e. The fraction of sp³-hybridized carbons (Fsp3) is 0.333. The number of carbonyl (C=O) groups excluding carboxylic acids is 2. The van der Waals surface area contributed by atoms with E-state index in [1.807, 2.05) is 30.3 Å². The molecule has 1 fully saturated rings. The van der Waals surface area contributed by atoms with E-state index in [4.69, 9.17) is 18.9 Å². The van der Waals surface area contributed by atoms with Crippen LogP contribution < -0.4 is 14.9 Å². The maximum absolute atomic E-state index is 13.3. The summed E-state index contributed by atoms with van der Waals surface area (Å²) >= 11 is 1.51. The van der Waals surface area contributed by atoms with Gasteiger partial charge < -0.3 is 24.1 Å². The van der Waals surface area contributed by atoms with Crippen LogP contribution in [0.5, 0.6) is 11.5 Å². The molecule has 0 spiro atoms. The molecule has 1 aliphatic rings. The molecular formula is C39H43N3O7S. The van der Waals surface area contributed by atoms with Crippen molar-refractivity contribution in [3.8, 4) is 11.5 Å². The second kappa shape index (κ2) is 18.2. The minimum Gasteiger partial charge on any atom is -0.490 e. The number of hydrazone groups is 1. The van der Waals surface area contributed by atoms with Crippen LogP contribution in [0.1, 0.15) is 72.9 Å². The minimum atomic E-state index is -1.21. The number of rotatable bonds is 17. The van der Waals surface area contributed by atoms with Gasteiger partial charge in [-0.3, -0.25) is 5.43 Å². The molecule has 0 saturated heterocycles. The van der Waals surface area contributed by atoms with E-state index in [2.05, 4.69) is 47.7 Å². The number of nitrogens with one attached hydrogen (secondary N) is 1. The Balaban J connectivity index is 1.27. The van der Waals surface area contributed by atoms with E-state index in [0.717, 1.165) is 35.1 Å². The lowest BCUT2D eigenvalue weighted by Crippen LogP contribution is -2.31. The lowest BCUT2D eigenvalue weighted by Gasteiger charge is -2.29. The summed E-state index contributed by atoms with van der Waals surface area (Å²) in [7, 11) is 0. The Morgan fingerprint density at radius 1 is 1.06 bits per heavy atom. The summed E-state index contributed by atoms with van der Waals surface area (Å²) in [6, 6.07) is 20.3. The fourth-order valence-corrected chi connectivity index (χ4v) is 6.74. The average Bonchev–Trinajstić information content (AvgIpc) is 3.56. The number of para-hydroxylation sites is 1. The molecule has 5 rings (SSSR count). The van der Waals surface area contributed by atoms with Gasteiger partial charge in [0.15, 0.2) is 12.4 Å². The molecule has 1 saturated carbocycles. The SMILES string of the molecule is C=CC(=O)OC(COc1ccc(C(=O)Oc2ccc(C3CCC(CCC)CC3)cc2/C=N/Nc2nc3ccccc3s2)cc1)COC(O)C=C. The van der Waals surface area contributed by atoms with Gasteiger partial charge in [0.25, 0.3) is 0 Å². The van der Waals surface area contributed by atoms with Crippen LogP contribution >= 0.6 is 11.3 Å². The van der Waals surface area contributed by atoms with Crippen molar-refractivity contribution in [3.05, 3.63) is 109 Å². The molecule has 0 aliphatic heterocycles. The number of hydrogen-bond acceptors (Lipinski definition) is 11. The quantitative estimate of drug-likeness (QED) is 0.0214. The summed E-state index contributed by atoms with van der Waals surface area (Å²) in [6.45, 7) is 8.90. The minimum absolute atomic E-state index is 0.0619. The maximum atomic E-state index is 13.3. The number of fused-ring (bicyclic) bond motifs is 1. The number of ether oxygens (including phenoxy) is 4. The van der Waals surface area contributed by atoms with Gasteiger partial charge in [-0.1, -0.05) is 62.5 Å². The molecule has 11 heteroatoms. The summed E-state index contributed by atoms with van der Waals surface area (Å²) in [5, 5.41) is 14.7. The van der Waals surface area contributed by atoms with Crippen molar-refractivity contribution in [2.75, 3.05) is 18.6 Å². The van der Waals surface area contributed by atoms with E-state index in [0.29, 0.717) is 33.7 Å². The first-order valence-electron chi connectivity index (χ1n) is 16.8. The van der Waals surface area contributed by atoms with Gasteiger partial charge in [0.2, 0.25) is 5.13 Å². The van der Waals surface area contributed by atoms with Crippen molar-refractivity contribution in [1.82, 2.24) is 4.98 Å². The van der Waals surface area contributed by atoms with Crippen LogP contribution in [0, 0.1) is 5.92 Å². The highest BCUT2D eigenvalue weighted by Gasteiger charge is 2.23. The molecule has 0 radical (unpaired) electrons. The Morgan fingerprint density at radius 2 is 1.84 bits per heavy atom. The smallest absolute Gasteiger partial charge is 0.343 e. The van der Waals surface area contributed by atoms with Gasteiger partial charge >= 0.3 is 11.9 Å². The molecule has 50 heavy (non-hydrogen) atoms. The molecule has 1 aliphatic carbocycles. The van der Waals surface area contributed by atoms with Gasteiger partial charge in [-0.05, 0) is 97.7 Å². The fourth-order valence-electron chi connectivity index (χ4n) is 5.92. The molecule has 2 unspecified atom stereocenters. The van der Waals surface area contributed by atoms with Gasteiger partial charge in [0.1, 0.15) is 18.1 Å². The van der Waals surface area contributed by atoms with Crippen molar-refractivity contribution in [2.24, 2.45) is 11.0 Å². The molecular weight excluding hydrogens is 655 g/mol. The van der Waals surface area contributed by atoms with Crippen LogP contribution in [0.2, 0.25) is 0 Å². The number of aromatic nitrogens is 1. The molecule has 2 N–H and O–H groups in total. The largest absolute Gasteiger partial charge is 0.490 e. The van der Waals surface area contributed by atoms with Gasteiger partial charge in [-0.25, -0.2) is 14.6 Å². The Kier molecular flexibility index (Phi) is 13.3. The zero-order valence-electron chi connectivity index (χ0n) is 28.2. The van der Waals surface area contributed by atoms with Crippen LogP contribution in [0.25, 0.3) is 10.2 Å². The van der Waals surface area contributed by atoms with E-state index >= 15 is 0 Å². The van der Waals surface area contributed by atoms with Gasteiger partial charge in [0, 0.05) is 11.6 Å². The number of aliphatic hydroxyl groups is 1. The van der Waals surface area contributed by atoms with Crippen LogP contribution in [-0.4, -0.2) is 53.9 Å². The van der Waals surface area contributed by atoms with Crippen LogP contribution in [-0.2, 0) is 14.3 Å². The summed E-state index contributed by atoms with van der Waals surface area (Å²) in [5.41, 5.74) is 6.15. The zero-order chi connectivity index (χ0) is 35.3. The Labute approximate surface area is 296 Å². The van der Waals surface area contributed by atoms with Crippen LogP contribution in [0.4, 0.5) is 5.13 Å². The Bertz CT molecular complexity index is 1750. The van der Waals surface area contributed by atoms with Crippen molar-refractivity contribution in [3.63, 3.8) is 0 Å². The van der Waals surface area contributed by atoms with E-state index in [9.17, 15) is 14.7 Å².